The maximum absolute atomic E-state index is 5.37. The van der Waals surface area contributed by atoms with E-state index in [9.17, 15) is 0 Å². The lowest BCUT2D eigenvalue weighted by atomic mass is 10.0. The molecule has 0 bridgehead atoms. The molecule has 7 heteroatoms. The number of nitrogens with one attached hydrogen (secondary N) is 1. The van der Waals surface area contributed by atoms with Crippen LogP contribution in [0, 0.1) is 0 Å². The van der Waals surface area contributed by atoms with Crippen molar-refractivity contribution in [3.63, 3.8) is 0 Å². The molecule has 208 valence electrons. The largest absolute Gasteiger partial charge is 0.323 e. The van der Waals surface area contributed by atoms with E-state index in [4.69, 9.17) is 9.97 Å². The summed E-state index contributed by atoms with van der Waals surface area (Å²) in [6.07, 6.45) is 0. The van der Waals surface area contributed by atoms with Gasteiger partial charge in [-0.15, -0.1) is 0 Å². The van der Waals surface area contributed by atoms with Crippen LogP contribution in [-0.2, 0) is 0 Å². The predicted molar refractivity (Wildman–Crippen MR) is 186 cm³/mol. The van der Waals surface area contributed by atoms with Crippen molar-refractivity contribution >= 4 is 47.8 Å². The molecule has 2 heterocycles. The Morgan fingerprint density at radius 1 is 0.512 bits per heavy atom. The Morgan fingerprint density at radius 3 is 1.51 bits per heavy atom. The minimum absolute atomic E-state index is 0.669. The highest BCUT2D eigenvalue weighted by Gasteiger charge is 2.27. The summed E-state index contributed by atoms with van der Waals surface area (Å²) in [5.74, 6) is 1.42. The molecule has 0 amide bonds. The van der Waals surface area contributed by atoms with Crippen LogP contribution < -0.4 is 0 Å². The fourth-order valence-electron chi connectivity index (χ4n) is 5.29. The molecule has 0 saturated heterocycles. The van der Waals surface area contributed by atoms with Gasteiger partial charge < -0.3 is 4.98 Å². The molecular formula is C36H23Br3N4. The number of rotatable bonds is 6. The summed E-state index contributed by atoms with van der Waals surface area (Å²) in [4.78, 5) is 14.4. The first-order valence-corrected chi connectivity index (χ1v) is 16.1. The molecular weight excluding hydrogens is 728 g/mol. The van der Waals surface area contributed by atoms with Crippen LogP contribution in [0.5, 0.6) is 0 Å². The van der Waals surface area contributed by atoms with Crippen LogP contribution in [0.15, 0.2) is 147 Å². The van der Waals surface area contributed by atoms with Gasteiger partial charge in [-0.1, -0.05) is 137 Å². The molecule has 2 aromatic heterocycles. The molecule has 0 unspecified atom stereocenters. The first-order chi connectivity index (χ1) is 21.1. The van der Waals surface area contributed by atoms with Crippen molar-refractivity contribution in [2.24, 2.45) is 0 Å². The number of aromatic nitrogens is 4. The number of hydrogen-bond acceptors (Lipinski definition) is 2. The van der Waals surface area contributed by atoms with Crippen LogP contribution in [0.25, 0.3) is 62.4 Å². The van der Waals surface area contributed by atoms with E-state index in [0.29, 0.717) is 5.95 Å². The van der Waals surface area contributed by atoms with E-state index >= 15 is 0 Å². The third kappa shape index (κ3) is 5.33. The van der Waals surface area contributed by atoms with Crippen molar-refractivity contribution in [3.05, 3.63) is 147 Å². The number of H-pyrrole nitrogens is 1. The van der Waals surface area contributed by atoms with Gasteiger partial charge in [-0.3, -0.25) is 4.57 Å². The van der Waals surface area contributed by atoms with Crippen LogP contribution in [0.1, 0.15) is 0 Å². The van der Waals surface area contributed by atoms with E-state index < -0.39 is 0 Å². The van der Waals surface area contributed by atoms with Crippen LogP contribution in [0.2, 0.25) is 0 Å². The van der Waals surface area contributed by atoms with Crippen molar-refractivity contribution in [3.8, 4) is 62.4 Å². The smallest absolute Gasteiger partial charge is 0.214 e. The first-order valence-electron chi connectivity index (χ1n) is 13.7. The number of imidazole rings is 2. The lowest BCUT2D eigenvalue weighted by Crippen LogP contribution is -2.03. The highest BCUT2D eigenvalue weighted by atomic mass is 79.9. The Hall–Kier alpha value is -4.04. The number of aromatic amines is 1. The van der Waals surface area contributed by atoms with Gasteiger partial charge in [0.2, 0.25) is 5.95 Å². The Morgan fingerprint density at radius 2 is 0.977 bits per heavy atom. The number of hydrogen-bond donors (Lipinski definition) is 1. The van der Waals surface area contributed by atoms with Crippen molar-refractivity contribution in [2.45, 2.75) is 0 Å². The average Bonchev–Trinajstić information content (AvgIpc) is 3.65. The molecule has 0 atom stereocenters. The number of halogens is 3. The summed E-state index contributed by atoms with van der Waals surface area (Å²) < 4.78 is 4.90. The molecule has 43 heavy (non-hydrogen) atoms. The maximum atomic E-state index is 5.37. The fourth-order valence-corrected chi connectivity index (χ4v) is 7.91. The third-order valence-corrected chi connectivity index (χ3v) is 8.92. The molecule has 0 fully saturated rings. The Labute approximate surface area is 274 Å². The van der Waals surface area contributed by atoms with Gasteiger partial charge >= 0.3 is 0 Å². The zero-order chi connectivity index (χ0) is 29.3. The molecule has 0 spiro atoms. The average molecular weight is 751 g/mol. The van der Waals surface area contributed by atoms with Crippen LogP contribution in [0.3, 0.4) is 0 Å². The van der Waals surface area contributed by atoms with Gasteiger partial charge in [0.05, 0.1) is 22.8 Å². The summed E-state index contributed by atoms with van der Waals surface area (Å²) >= 11 is 11.3. The minimum Gasteiger partial charge on any atom is -0.323 e. The summed E-state index contributed by atoms with van der Waals surface area (Å²) in [5.41, 5.74) is 8.66. The molecule has 1 N–H and O–H groups in total. The van der Waals surface area contributed by atoms with Crippen LogP contribution in [0.4, 0.5) is 0 Å². The van der Waals surface area contributed by atoms with Gasteiger partial charge in [0.15, 0.2) is 0 Å². The molecule has 0 saturated carbocycles. The van der Waals surface area contributed by atoms with Crippen molar-refractivity contribution in [1.29, 1.82) is 0 Å². The monoisotopic (exact) mass is 748 g/mol. The second-order valence-electron chi connectivity index (χ2n) is 9.96. The number of benzene rings is 5. The predicted octanol–water partition coefficient (Wildman–Crippen LogP) is 11.2. The van der Waals surface area contributed by atoms with E-state index in [1.54, 1.807) is 0 Å². The van der Waals surface area contributed by atoms with E-state index in [1.165, 1.54) is 0 Å². The molecule has 4 nitrogen and oxygen atoms in total. The van der Waals surface area contributed by atoms with Gasteiger partial charge in [-0.2, -0.15) is 0 Å². The molecule has 0 aliphatic heterocycles. The summed E-state index contributed by atoms with van der Waals surface area (Å²) in [6, 6.07) is 45.4. The lowest BCUT2D eigenvalue weighted by Gasteiger charge is -2.13. The highest BCUT2D eigenvalue weighted by molar-refractivity contribution is 9.11. The SMILES string of the molecule is Brc1cc(Br)c(-c2nc(-c3ccccc3)c(-c3ccccc3)n2-c2nc(-c3ccccc3)c(-c3ccccc3)[nH]2)c(Br)c1. The molecule has 7 rings (SSSR count). The Bertz CT molecular complexity index is 1960. The molecule has 0 aliphatic carbocycles. The maximum Gasteiger partial charge on any atom is 0.214 e. The van der Waals surface area contributed by atoms with E-state index in [1.807, 2.05) is 72.8 Å². The lowest BCUT2D eigenvalue weighted by molar-refractivity contribution is 0.975. The molecule has 0 radical (unpaired) electrons. The Balaban J connectivity index is 1.61. The van der Waals surface area contributed by atoms with Crippen molar-refractivity contribution in [1.82, 2.24) is 19.5 Å². The molecule has 5 aromatic carbocycles. The normalized spacial score (nSPS) is 11.1. The molecule has 7 aromatic rings. The van der Waals surface area contributed by atoms with E-state index in [0.717, 1.165) is 69.8 Å². The third-order valence-electron chi connectivity index (χ3n) is 7.22. The van der Waals surface area contributed by atoms with Crippen LogP contribution in [-0.4, -0.2) is 19.5 Å². The van der Waals surface area contributed by atoms with Crippen molar-refractivity contribution in [2.75, 3.05) is 0 Å². The van der Waals surface area contributed by atoms with Gasteiger partial charge in [-0.05, 0) is 44.0 Å². The quantitative estimate of drug-likeness (QED) is 0.184. The zero-order valence-corrected chi connectivity index (χ0v) is 27.4. The van der Waals surface area contributed by atoms with E-state index in [2.05, 4.69) is 118 Å². The van der Waals surface area contributed by atoms with Gasteiger partial charge in [-0.25, -0.2) is 9.97 Å². The first kappa shape index (κ1) is 27.8. The van der Waals surface area contributed by atoms with Crippen molar-refractivity contribution < 1.29 is 0 Å². The number of nitrogens with zero attached hydrogens (tertiary/aromatic N) is 3. The van der Waals surface area contributed by atoms with Gasteiger partial charge in [0.1, 0.15) is 5.82 Å². The highest BCUT2D eigenvalue weighted by Crippen LogP contribution is 2.44. The van der Waals surface area contributed by atoms with Gasteiger partial charge in [0, 0.05) is 41.2 Å². The Kier molecular flexibility index (Phi) is 7.70. The fraction of sp³-hybridized carbons (Fsp3) is 0. The summed E-state index contributed by atoms with van der Waals surface area (Å²) in [5, 5.41) is 0. The topological polar surface area (TPSA) is 46.5 Å². The second kappa shape index (κ2) is 11.9. The zero-order valence-electron chi connectivity index (χ0n) is 22.7. The summed E-state index contributed by atoms with van der Waals surface area (Å²) in [6.45, 7) is 0. The second-order valence-corrected chi connectivity index (χ2v) is 12.6. The molecule has 0 aliphatic rings. The standard InChI is InChI=1S/C36H23Br3N4/c37-27-21-28(38)30(29(39)22-27)35-40-33(25-17-9-3-10-18-25)34(26-19-11-4-12-20-26)43(35)36-41-31(23-13-5-1-6-14-23)32(42-36)24-15-7-2-8-16-24/h1-22H,(H,41,42). The summed E-state index contributed by atoms with van der Waals surface area (Å²) in [7, 11) is 0. The van der Waals surface area contributed by atoms with E-state index in [-0.39, 0.29) is 0 Å². The van der Waals surface area contributed by atoms with Crippen LogP contribution >= 0.6 is 47.8 Å². The van der Waals surface area contributed by atoms with Gasteiger partial charge in [0.25, 0.3) is 0 Å². The minimum atomic E-state index is 0.669.